The van der Waals surface area contributed by atoms with Crippen LogP contribution in [-0.4, -0.2) is 63.7 Å². The topological polar surface area (TPSA) is 123 Å². The van der Waals surface area contributed by atoms with Crippen molar-refractivity contribution in [3.63, 3.8) is 0 Å². The number of hydrogen-bond donors (Lipinski definition) is 2. The Bertz CT molecular complexity index is 1120. The molecule has 1 aromatic heterocycles. The van der Waals surface area contributed by atoms with Crippen molar-refractivity contribution in [2.45, 2.75) is 31.3 Å². The molecule has 1 aliphatic heterocycles. The van der Waals surface area contributed by atoms with Crippen LogP contribution in [0.2, 0.25) is 0 Å². The van der Waals surface area contributed by atoms with Crippen LogP contribution in [0.1, 0.15) is 30.4 Å². The van der Waals surface area contributed by atoms with Gasteiger partial charge < -0.3 is 19.5 Å². The summed E-state index contributed by atoms with van der Waals surface area (Å²) in [7, 11) is -2.38. The molecule has 2 amide bonds. The van der Waals surface area contributed by atoms with Crippen molar-refractivity contribution in [2.24, 2.45) is 0 Å². The van der Waals surface area contributed by atoms with Crippen molar-refractivity contribution >= 4 is 44.7 Å². The molecule has 180 valence electrons. The molecule has 0 bridgehead atoms. The lowest BCUT2D eigenvalue weighted by atomic mass is 10.2. The zero-order valence-electron chi connectivity index (χ0n) is 18.8. The van der Waals surface area contributed by atoms with Gasteiger partial charge in [-0.25, -0.2) is 13.2 Å². The van der Waals surface area contributed by atoms with Gasteiger partial charge in [0.1, 0.15) is 21.1 Å². The maximum absolute atomic E-state index is 13.0. The molecule has 2 N–H and O–H groups in total. The molecule has 0 spiro atoms. The van der Waals surface area contributed by atoms with Gasteiger partial charge >= 0.3 is 6.09 Å². The summed E-state index contributed by atoms with van der Waals surface area (Å²) in [6.45, 7) is 6.31. The number of methoxy groups -OCH3 is 1. The molecule has 0 atom stereocenters. The number of nitrogens with zero attached hydrogens (tertiary/aromatic N) is 1. The van der Waals surface area contributed by atoms with Gasteiger partial charge in [0.05, 0.1) is 26.0 Å². The summed E-state index contributed by atoms with van der Waals surface area (Å²) >= 11 is 1.03. The van der Waals surface area contributed by atoms with E-state index in [0.29, 0.717) is 24.7 Å². The summed E-state index contributed by atoms with van der Waals surface area (Å²) in [6, 6.07) is 6.08. The van der Waals surface area contributed by atoms with Gasteiger partial charge in [-0.05, 0) is 50.4 Å². The average Bonchev–Trinajstić information content (AvgIpc) is 3.24. The summed E-state index contributed by atoms with van der Waals surface area (Å²) in [5.41, 5.74) is -0.0584. The van der Waals surface area contributed by atoms with Gasteiger partial charge in [0.25, 0.3) is 5.91 Å². The third-order valence-corrected chi connectivity index (χ3v) is 7.50. The number of ether oxygens (including phenoxy) is 3. The van der Waals surface area contributed by atoms with Gasteiger partial charge in [0.2, 0.25) is 10.0 Å². The van der Waals surface area contributed by atoms with Crippen molar-refractivity contribution in [2.75, 3.05) is 44.0 Å². The van der Waals surface area contributed by atoms with E-state index in [0.717, 1.165) is 11.3 Å². The Kier molecular flexibility index (Phi) is 7.62. The molecule has 10 nitrogen and oxygen atoms in total. The minimum Gasteiger partial charge on any atom is -0.495 e. The highest BCUT2D eigenvalue weighted by Gasteiger charge is 2.31. The predicted molar refractivity (Wildman–Crippen MR) is 125 cm³/mol. The normalized spacial score (nSPS) is 15.0. The maximum Gasteiger partial charge on any atom is 0.412 e. The zero-order valence-corrected chi connectivity index (χ0v) is 20.5. The Hall–Kier alpha value is -2.67. The van der Waals surface area contributed by atoms with E-state index in [1.165, 1.54) is 23.5 Å². The average molecular weight is 498 g/mol. The zero-order chi connectivity index (χ0) is 24.2. The largest absolute Gasteiger partial charge is 0.495 e. The van der Waals surface area contributed by atoms with Crippen LogP contribution in [0.4, 0.5) is 16.2 Å². The molecule has 12 heteroatoms. The van der Waals surface area contributed by atoms with Crippen molar-refractivity contribution in [1.29, 1.82) is 0 Å². The van der Waals surface area contributed by atoms with Gasteiger partial charge in [0, 0.05) is 18.8 Å². The lowest BCUT2D eigenvalue weighted by Gasteiger charge is -2.26. The molecule has 0 radical (unpaired) electrons. The molecule has 1 aromatic carbocycles. The number of benzene rings is 1. The van der Waals surface area contributed by atoms with Gasteiger partial charge in [-0.1, -0.05) is 0 Å². The molecule has 1 saturated heterocycles. The first-order valence-corrected chi connectivity index (χ1v) is 12.5. The number of amides is 2. The fourth-order valence-electron chi connectivity index (χ4n) is 3.08. The highest BCUT2D eigenvalue weighted by molar-refractivity contribution is 7.89. The monoisotopic (exact) mass is 497 g/mol. The van der Waals surface area contributed by atoms with Gasteiger partial charge in [-0.3, -0.25) is 10.1 Å². The number of morpholine rings is 1. The maximum atomic E-state index is 13.0. The van der Waals surface area contributed by atoms with Gasteiger partial charge in [-0.15, -0.1) is 11.3 Å². The molecule has 0 saturated carbocycles. The van der Waals surface area contributed by atoms with Gasteiger partial charge in [-0.2, -0.15) is 4.31 Å². The standard InChI is InChI=1S/C21H27N3O7S2/c1-21(2,3)31-20(26)23-15-13-14(5-6-16(15)29-4)22-19(25)18-17(7-12-32-18)33(27,28)24-8-10-30-11-9-24/h5-7,12-13H,8-11H2,1-4H3,(H,22,25)(H,23,26). The first kappa shape index (κ1) is 25.0. The lowest BCUT2D eigenvalue weighted by molar-refractivity contribution is 0.0635. The van der Waals surface area contributed by atoms with Crippen LogP contribution in [0.5, 0.6) is 5.75 Å². The minimum absolute atomic E-state index is 0.0486. The highest BCUT2D eigenvalue weighted by Crippen LogP contribution is 2.30. The Balaban J connectivity index is 1.80. The summed E-state index contributed by atoms with van der Waals surface area (Å²) in [6.07, 6.45) is -0.679. The molecule has 0 unspecified atom stereocenters. The molecule has 3 rings (SSSR count). The molecule has 1 fully saturated rings. The smallest absolute Gasteiger partial charge is 0.412 e. The van der Waals surface area contributed by atoms with E-state index in [4.69, 9.17) is 14.2 Å². The van der Waals surface area contributed by atoms with Crippen LogP contribution < -0.4 is 15.4 Å². The van der Waals surface area contributed by atoms with Crippen LogP contribution in [0.3, 0.4) is 0 Å². The SMILES string of the molecule is COc1ccc(NC(=O)c2sccc2S(=O)(=O)N2CCOCC2)cc1NC(=O)OC(C)(C)C. The minimum atomic E-state index is -3.83. The molecule has 33 heavy (non-hydrogen) atoms. The molecular formula is C21H27N3O7S2. The van der Waals surface area contributed by atoms with Crippen LogP contribution in [0, 0.1) is 0 Å². The van der Waals surface area contributed by atoms with E-state index in [2.05, 4.69) is 10.6 Å². The van der Waals surface area contributed by atoms with E-state index >= 15 is 0 Å². The van der Waals surface area contributed by atoms with E-state index in [9.17, 15) is 18.0 Å². The number of carbonyl (C=O) groups excluding carboxylic acids is 2. The van der Waals surface area contributed by atoms with Gasteiger partial charge in [0.15, 0.2) is 0 Å². The predicted octanol–water partition coefficient (Wildman–Crippen LogP) is 3.38. The second-order valence-electron chi connectivity index (χ2n) is 8.13. The Morgan fingerprint density at radius 3 is 2.45 bits per heavy atom. The van der Waals surface area contributed by atoms with Crippen molar-refractivity contribution in [3.8, 4) is 5.75 Å². The van der Waals surface area contributed by atoms with Crippen LogP contribution in [-0.2, 0) is 19.5 Å². The van der Waals surface area contributed by atoms with E-state index in [-0.39, 0.29) is 28.5 Å². The molecule has 2 heterocycles. The number of sulfonamides is 1. The number of carbonyl (C=O) groups is 2. The second kappa shape index (κ2) is 10.1. The molecule has 1 aliphatic rings. The van der Waals surface area contributed by atoms with Crippen LogP contribution in [0.25, 0.3) is 0 Å². The third kappa shape index (κ3) is 6.22. The number of nitrogens with one attached hydrogen (secondary N) is 2. The fraction of sp³-hybridized carbons (Fsp3) is 0.429. The van der Waals surface area contributed by atoms with E-state index in [1.807, 2.05) is 0 Å². The van der Waals surface area contributed by atoms with Crippen molar-refractivity contribution in [1.82, 2.24) is 4.31 Å². The quantitative estimate of drug-likeness (QED) is 0.627. The summed E-state index contributed by atoms with van der Waals surface area (Å²) in [5, 5.41) is 6.85. The van der Waals surface area contributed by atoms with Crippen LogP contribution in [0.15, 0.2) is 34.5 Å². The summed E-state index contributed by atoms with van der Waals surface area (Å²) in [5.74, 6) is -0.212. The number of rotatable bonds is 6. The van der Waals surface area contributed by atoms with Crippen molar-refractivity contribution in [3.05, 3.63) is 34.5 Å². The highest BCUT2D eigenvalue weighted by atomic mass is 32.2. The second-order valence-corrected chi connectivity index (χ2v) is 10.9. The fourth-order valence-corrected chi connectivity index (χ4v) is 5.78. The lowest BCUT2D eigenvalue weighted by Crippen LogP contribution is -2.41. The molecule has 0 aliphatic carbocycles. The Labute approximate surface area is 196 Å². The van der Waals surface area contributed by atoms with Crippen molar-refractivity contribution < 1.29 is 32.2 Å². The third-order valence-electron chi connectivity index (χ3n) is 4.52. The summed E-state index contributed by atoms with van der Waals surface area (Å²) in [4.78, 5) is 25.1. The molecule has 2 aromatic rings. The van der Waals surface area contributed by atoms with E-state index in [1.54, 1.807) is 38.3 Å². The first-order chi connectivity index (χ1) is 15.5. The Morgan fingerprint density at radius 1 is 1.12 bits per heavy atom. The number of hydrogen-bond acceptors (Lipinski definition) is 8. The summed E-state index contributed by atoms with van der Waals surface area (Å²) < 4.78 is 43.1. The number of anilines is 2. The van der Waals surface area contributed by atoms with E-state index < -0.39 is 27.6 Å². The van der Waals surface area contributed by atoms with Crippen LogP contribution >= 0.6 is 11.3 Å². The molecular weight excluding hydrogens is 470 g/mol. The Morgan fingerprint density at radius 2 is 1.82 bits per heavy atom. The first-order valence-electron chi connectivity index (χ1n) is 10.2. The number of thiophene rings is 1.